The zero-order valence-electron chi connectivity index (χ0n) is 25.7. The van der Waals surface area contributed by atoms with Crippen LogP contribution in [-0.4, -0.2) is 0 Å². The molecule has 2 aliphatic carbocycles. The molecule has 0 aliphatic heterocycles. The summed E-state index contributed by atoms with van der Waals surface area (Å²) in [6.07, 6.45) is 0. The van der Waals surface area contributed by atoms with Crippen molar-refractivity contribution >= 4 is 21.5 Å². The Bertz CT molecular complexity index is 2330. The van der Waals surface area contributed by atoms with Crippen LogP contribution in [0.3, 0.4) is 0 Å². The van der Waals surface area contributed by atoms with E-state index in [1.807, 2.05) is 0 Å². The van der Waals surface area contributed by atoms with Crippen molar-refractivity contribution in [3.05, 3.63) is 156 Å². The first-order chi connectivity index (χ1) is 21.3. The van der Waals surface area contributed by atoms with E-state index in [4.69, 9.17) is 0 Å². The maximum absolute atomic E-state index is 2.43. The molecule has 9 rings (SSSR count). The monoisotopic (exact) mass is 562 g/mol. The maximum Gasteiger partial charge on any atom is 0.0159 e. The third kappa shape index (κ3) is 3.46. The van der Waals surface area contributed by atoms with E-state index in [1.54, 1.807) is 0 Å². The van der Waals surface area contributed by atoms with Gasteiger partial charge in [0.1, 0.15) is 0 Å². The minimum absolute atomic E-state index is 0.00653. The molecule has 0 nitrogen and oxygen atoms in total. The second-order valence-corrected chi connectivity index (χ2v) is 13.8. The molecule has 0 spiro atoms. The van der Waals surface area contributed by atoms with Gasteiger partial charge in [0.2, 0.25) is 0 Å². The maximum atomic E-state index is 2.43. The van der Waals surface area contributed by atoms with E-state index < -0.39 is 0 Å². The molecule has 0 fully saturated rings. The standard InChI is InChI=1S/C44H34/c1-43(2)38-12-8-7-11-35(38)36-20-17-32(25-40(36)43)30-15-13-29-24-31(16-14-28(29)23-30)33-18-21-37-41(26-33)44(3,4)39-22-19-27-9-5-6-10-34(27)42(37)39/h5-26H,1-4H3. The quantitative estimate of drug-likeness (QED) is 0.197. The molecule has 0 aromatic heterocycles. The predicted molar refractivity (Wildman–Crippen MR) is 187 cm³/mol. The Hall–Kier alpha value is -4.94. The smallest absolute Gasteiger partial charge is 0.0159 e. The van der Waals surface area contributed by atoms with Gasteiger partial charge in [-0.05, 0) is 113 Å². The van der Waals surface area contributed by atoms with Crippen molar-refractivity contribution in [3.8, 4) is 44.5 Å². The van der Waals surface area contributed by atoms with Gasteiger partial charge in [0, 0.05) is 10.8 Å². The summed E-state index contributed by atoms with van der Waals surface area (Å²) in [5.74, 6) is 0. The SMILES string of the molecule is CC1(C)c2ccccc2-c2ccc(-c3ccc4cc(-c5ccc6c(c5)C(C)(C)c5ccc7ccccc7c5-6)ccc4c3)cc21. The van der Waals surface area contributed by atoms with Crippen LogP contribution in [0.25, 0.3) is 66.1 Å². The van der Waals surface area contributed by atoms with Gasteiger partial charge in [-0.25, -0.2) is 0 Å². The Labute approximate surface area is 259 Å². The van der Waals surface area contributed by atoms with Crippen LogP contribution in [0, 0.1) is 0 Å². The van der Waals surface area contributed by atoms with Crippen LogP contribution >= 0.6 is 0 Å². The normalized spacial score (nSPS) is 15.2. The highest BCUT2D eigenvalue weighted by molar-refractivity contribution is 6.03. The summed E-state index contributed by atoms with van der Waals surface area (Å²) >= 11 is 0. The third-order valence-electron chi connectivity index (χ3n) is 10.7. The molecule has 210 valence electrons. The summed E-state index contributed by atoms with van der Waals surface area (Å²) in [5, 5.41) is 5.20. The van der Waals surface area contributed by atoms with E-state index in [9.17, 15) is 0 Å². The van der Waals surface area contributed by atoms with Crippen molar-refractivity contribution in [2.45, 2.75) is 38.5 Å². The van der Waals surface area contributed by atoms with E-state index in [2.05, 4.69) is 161 Å². The Morgan fingerprint density at radius 1 is 0.341 bits per heavy atom. The molecular formula is C44H34. The topological polar surface area (TPSA) is 0 Å². The zero-order chi connectivity index (χ0) is 29.8. The predicted octanol–water partition coefficient (Wildman–Crippen LogP) is 11.9. The summed E-state index contributed by atoms with van der Waals surface area (Å²) in [4.78, 5) is 0. The fourth-order valence-corrected chi connectivity index (χ4v) is 8.18. The molecule has 0 heterocycles. The van der Waals surface area contributed by atoms with Crippen LogP contribution in [-0.2, 0) is 10.8 Å². The fraction of sp³-hybridized carbons (Fsp3) is 0.136. The number of benzene rings is 7. The highest BCUT2D eigenvalue weighted by Crippen LogP contribution is 2.52. The van der Waals surface area contributed by atoms with E-state index in [1.165, 1.54) is 88.3 Å². The highest BCUT2D eigenvalue weighted by atomic mass is 14.4. The van der Waals surface area contributed by atoms with Crippen LogP contribution < -0.4 is 0 Å². The molecule has 0 N–H and O–H groups in total. The van der Waals surface area contributed by atoms with Crippen molar-refractivity contribution in [2.75, 3.05) is 0 Å². The van der Waals surface area contributed by atoms with Gasteiger partial charge in [0.15, 0.2) is 0 Å². The van der Waals surface area contributed by atoms with Gasteiger partial charge >= 0.3 is 0 Å². The van der Waals surface area contributed by atoms with E-state index in [-0.39, 0.29) is 10.8 Å². The first-order valence-electron chi connectivity index (χ1n) is 15.8. The molecule has 0 saturated heterocycles. The second kappa shape index (κ2) is 8.80. The van der Waals surface area contributed by atoms with Gasteiger partial charge in [-0.15, -0.1) is 0 Å². The van der Waals surface area contributed by atoms with Crippen molar-refractivity contribution in [1.82, 2.24) is 0 Å². The van der Waals surface area contributed by atoms with Gasteiger partial charge in [-0.2, -0.15) is 0 Å². The molecule has 0 radical (unpaired) electrons. The van der Waals surface area contributed by atoms with Gasteiger partial charge in [0.05, 0.1) is 0 Å². The number of fused-ring (bicyclic) bond motifs is 9. The lowest BCUT2D eigenvalue weighted by molar-refractivity contribution is 0.660. The number of hydrogen-bond donors (Lipinski definition) is 0. The molecule has 7 aromatic rings. The molecule has 0 atom stereocenters. The first-order valence-corrected chi connectivity index (χ1v) is 15.8. The molecule has 0 heteroatoms. The van der Waals surface area contributed by atoms with Crippen molar-refractivity contribution in [1.29, 1.82) is 0 Å². The van der Waals surface area contributed by atoms with Gasteiger partial charge < -0.3 is 0 Å². The van der Waals surface area contributed by atoms with Crippen LogP contribution in [0.4, 0.5) is 0 Å². The Balaban J connectivity index is 1.09. The minimum Gasteiger partial charge on any atom is -0.0619 e. The van der Waals surface area contributed by atoms with Gasteiger partial charge in [-0.3, -0.25) is 0 Å². The van der Waals surface area contributed by atoms with E-state index in [0.29, 0.717) is 0 Å². The van der Waals surface area contributed by atoms with Crippen LogP contribution in [0.15, 0.2) is 133 Å². The molecular weight excluding hydrogens is 528 g/mol. The lowest BCUT2D eigenvalue weighted by Gasteiger charge is -2.22. The van der Waals surface area contributed by atoms with Gasteiger partial charge in [-0.1, -0.05) is 137 Å². The molecule has 2 aliphatic rings. The lowest BCUT2D eigenvalue weighted by atomic mass is 9.81. The second-order valence-electron chi connectivity index (χ2n) is 13.8. The zero-order valence-corrected chi connectivity index (χ0v) is 25.7. The molecule has 7 aromatic carbocycles. The van der Waals surface area contributed by atoms with Crippen LogP contribution in [0.2, 0.25) is 0 Å². The summed E-state index contributed by atoms with van der Waals surface area (Å²) < 4.78 is 0. The molecule has 0 saturated carbocycles. The fourth-order valence-electron chi connectivity index (χ4n) is 8.18. The summed E-state index contributed by atoms with van der Waals surface area (Å²) in [5.41, 5.74) is 16.3. The molecule has 0 unspecified atom stereocenters. The van der Waals surface area contributed by atoms with E-state index >= 15 is 0 Å². The Kier molecular flexibility index (Phi) is 5.11. The van der Waals surface area contributed by atoms with Crippen molar-refractivity contribution in [3.63, 3.8) is 0 Å². The van der Waals surface area contributed by atoms with Crippen LogP contribution in [0.1, 0.15) is 49.9 Å². The highest BCUT2D eigenvalue weighted by Gasteiger charge is 2.37. The number of rotatable bonds is 2. The lowest BCUT2D eigenvalue weighted by Crippen LogP contribution is -2.15. The van der Waals surface area contributed by atoms with Crippen molar-refractivity contribution < 1.29 is 0 Å². The molecule has 44 heavy (non-hydrogen) atoms. The van der Waals surface area contributed by atoms with Gasteiger partial charge in [0.25, 0.3) is 0 Å². The Morgan fingerprint density at radius 3 is 1.57 bits per heavy atom. The average Bonchev–Trinajstić information content (AvgIpc) is 3.43. The number of hydrogen-bond acceptors (Lipinski definition) is 0. The van der Waals surface area contributed by atoms with Crippen molar-refractivity contribution in [2.24, 2.45) is 0 Å². The van der Waals surface area contributed by atoms with E-state index in [0.717, 1.165) is 0 Å². The Morgan fingerprint density at radius 2 is 0.841 bits per heavy atom. The largest absolute Gasteiger partial charge is 0.0619 e. The summed E-state index contributed by atoms with van der Waals surface area (Å²) in [7, 11) is 0. The minimum atomic E-state index is -0.0394. The van der Waals surface area contributed by atoms with Crippen LogP contribution in [0.5, 0.6) is 0 Å². The third-order valence-corrected chi connectivity index (χ3v) is 10.7. The summed E-state index contributed by atoms with van der Waals surface area (Å²) in [6.45, 7) is 9.45. The first kappa shape index (κ1) is 25.5. The average molecular weight is 563 g/mol. The molecule has 0 bridgehead atoms. The molecule has 0 amide bonds. The summed E-state index contributed by atoms with van der Waals surface area (Å²) in [6, 6.07) is 50.3.